The number of rotatable bonds is 6. The molecule has 2 rings (SSSR count). The lowest BCUT2D eigenvalue weighted by atomic mass is 9.80. The summed E-state index contributed by atoms with van der Waals surface area (Å²) in [7, 11) is 1.93. The minimum absolute atomic E-state index is 0.778. The van der Waals surface area contributed by atoms with Gasteiger partial charge in [-0.05, 0) is 31.6 Å². The number of hydrogen-bond donors (Lipinski definition) is 2. The van der Waals surface area contributed by atoms with E-state index in [-0.39, 0.29) is 0 Å². The fraction of sp³-hybridized carbons (Fsp3) is 0.765. The summed E-state index contributed by atoms with van der Waals surface area (Å²) in [6.45, 7) is 7.68. The highest BCUT2D eigenvalue weighted by Crippen LogP contribution is 2.30. The van der Waals surface area contributed by atoms with Crippen molar-refractivity contribution in [1.82, 2.24) is 9.97 Å². The van der Waals surface area contributed by atoms with Gasteiger partial charge in [-0.2, -0.15) is 0 Å². The normalized spacial score (nSPS) is 22.1. The summed E-state index contributed by atoms with van der Waals surface area (Å²) in [5.74, 6) is 4.50. The molecule has 2 N–H and O–H groups in total. The number of nitrogens with one attached hydrogen (secondary N) is 2. The van der Waals surface area contributed by atoms with E-state index in [1.54, 1.807) is 0 Å². The zero-order valence-corrected chi connectivity index (χ0v) is 14.0. The molecule has 118 valence electrons. The Bertz CT molecular complexity index is 458. The van der Waals surface area contributed by atoms with Crippen molar-refractivity contribution in [2.45, 2.75) is 59.3 Å². The molecule has 2 unspecified atom stereocenters. The van der Waals surface area contributed by atoms with Crippen LogP contribution < -0.4 is 10.6 Å². The van der Waals surface area contributed by atoms with Crippen LogP contribution in [0, 0.1) is 18.8 Å². The molecule has 21 heavy (non-hydrogen) atoms. The van der Waals surface area contributed by atoms with E-state index in [1.165, 1.54) is 25.7 Å². The minimum atomic E-state index is 0.778. The van der Waals surface area contributed by atoms with Crippen LogP contribution in [0.4, 0.5) is 11.6 Å². The number of aryl methyl sites for hydroxylation is 1. The molecule has 0 spiro atoms. The second-order valence-corrected chi connectivity index (χ2v) is 6.36. The van der Waals surface area contributed by atoms with E-state index in [2.05, 4.69) is 36.4 Å². The maximum Gasteiger partial charge on any atom is 0.134 e. The number of aromatic nitrogens is 2. The van der Waals surface area contributed by atoms with Crippen LogP contribution in [0.2, 0.25) is 0 Å². The van der Waals surface area contributed by atoms with Gasteiger partial charge < -0.3 is 10.6 Å². The van der Waals surface area contributed by atoms with Crippen molar-refractivity contribution in [3.8, 4) is 0 Å². The van der Waals surface area contributed by atoms with Gasteiger partial charge in [-0.15, -0.1) is 0 Å². The largest absolute Gasteiger partial charge is 0.373 e. The summed E-state index contributed by atoms with van der Waals surface area (Å²) < 4.78 is 0. The van der Waals surface area contributed by atoms with E-state index in [9.17, 15) is 0 Å². The van der Waals surface area contributed by atoms with Crippen molar-refractivity contribution in [1.29, 1.82) is 0 Å². The quantitative estimate of drug-likeness (QED) is 0.831. The topological polar surface area (TPSA) is 49.8 Å². The van der Waals surface area contributed by atoms with Crippen LogP contribution in [0.5, 0.6) is 0 Å². The smallest absolute Gasteiger partial charge is 0.134 e. The van der Waals surface area contributed by atoms with E-state index in [1.807, 2.05) is 7.05 Å². The molecule has 0 amide bonds. The Kier molecular flexibility index (Phi) is 5.83. The van der Waals surface area contributed by atoms with Gasteiger partial charge in [0.25, 0.3) is 0 Å². The highest BCUT2D eigenvalue weighted by atomic mass is 15.1. The summed E-state index contributed by atoms with van der Waals surface area (Å²) in [5.41, 5.74) is 1.13. The highest BCUT2D eigenvalue weighted by molar-refractivity contribution is 5.57. The number of anilines is 2. The van der Waals surface area contributed by atoms with Crippen molar-refractivity contribution < 1.29 is 0 Å². The molecule has 1 aromatic rings. The van der Waals surface area contributed by atoms with E-state index >= 15 is 0 Å². The first-order valence-electron chi connectivity index (χ1n) is 8.44. The molecule has 4 heteroatoms. The van der Waals surface area contributed by atoms with Crippen LogP contribution in [0.15, 0.2) is 0 Å². The molecule has 0 saturated heterocycles. The molecule has 1 heterocycles. The van der Waals surface area contributed by atoms with Crippen LogP contribution in [0.25, 0.3) is 0 Å². The lowest BCUT2D eigenvalue weighted by Crippen LogP contribution is -2.25. The van der Waals surface area contributed by atoms with Gasteiger partial charge in [0.2, 0.25) is 0 Å². The van der Waals surface area contributed by atoms with E-state index in [4.69, 9.17) is 4.98 Å². The third kappa shape index (κ3) is 4.08. The Balaban J connectivity index is 2.08. The molecule has 4 nitrogen and oxygen atoms in total. The molecule has 1 aromatic heterocycles. The second-order valence-electron chi connectivity index (χ2n) is 6.36. The van der Waals surface area contributed by atoms with Crippen LogP contribution in [-0.2, 0) is 6.42 Å². The van der Waals surface area contributed by atoms with Crippen molar-refractivity contribution >= 4 is 11.6 Å². The van der Waals surface area contributed by atoms with Gasteiger partial charge in [-0.1, -0.05) is 33.1 Å². The van der Waals surface area contributed by atoms with Gasteiger partial charge in [-0.3, -0.25) is 0 Å². The first-order valence-corrected chi connectivity index (χ1v) is 8.44. The fourth-order valence-corrected chi connectivity index (χ4v) is 3.24. The zero-order valence-electron chi connectivity index (χ0n) is 14.0. The second kappa shape index (κ2) is 7.62. The average molecular weight is 290 g/mol. The van der Waals surface area contributed by atoms with E-state index in [0.29, 0.717) is 0 Å². The van der Waals surface area contributed by atoms with Gasteiger partial charge in [0, 0.05) is 25.6 Å². The molecule has 2 atom stereocenters. The van der Waals surface area contributed by atoms with Crippen molar-refractivity contribution in [3.63, 3.8) is 0 Å². The molecule has 1 aliphatic carbocycles. The Morgan fingerprint density at radius 2 is 1.86 bits per heavy atom. The maximum absolute atomic E-state index is 4.72. The third-order valence-electron chi connectivity index (χ3n) is 4.72. The van der Waals surface area contributed by atoms with Crippen LogP contribution in [0.3, 0.4) is 0 Å². The molecular formula is C17H30N4. The fourth-order valence-electron chi connectivity index (χ4n) is 3.24. The van der Waals surface area contributed by atoms with E-state index < -0.39 is 0 Å². The predicted molar refractivity (Wildman–Crippen MR) is 89.9 cm³/mol. The van der Waals surface area contributed by atoms with Gasteiger partial charge in [0.1, 0.15) is 17.5 Å². The van der Waals surface area contributed by atoms with E-state index in [0.717, 1.165) is 54.2 Å². The first-order chi connectivity index (χ1) is 10.2. The average Bonchev–Trinajstić information content (AvgIpc) is 2.49. The zero-order chi connectivity index (χ0) is 15.2. The first kappa shape index (κ1) is 16.1. The van der Waals surface area contributed by atoms with Gasteiger partial charge >= 0.3 is 0 Å². The molecular weight excluding hydrogens is 260 g/mol. The number of hydrogen-bond acceptors (Lipinski definition) is 4. The standard InChI is InChI=1S/C17H30N4/c1-5-8-15-20-16(18-4)13(3)17(21-15)19-11-14-10-7-6-9-12(14)2/h12,14H,5-11H2,1-4H3,(H2,18,19,20,21). The van der Waals surface area contributed by atoms with Crippen molar-refractivity contribution in [3.05, 3.63) is 11.4 Å². The summed E-state index contributed by atoms with van der Waals surface area (Å²) in [4.78, 5) is 9.31. The van der Waals surface area contributed by atoms with Gasteiger partial charge in [0.15, 0.2) is 0 Å². The summed E-state index contributed by atoms with van der Waals surface area (Å²) in [5, 5.41) is 6.79. The van der Waals surface area contributed by atoms with Crippen LogP contribution >= 0.6 is 0 Å². The van der Waals surface area contributed by atoms with Crippen LogP contribution in [0.1, 0.15) is 57.3 Å². The summed E-state index contributed by atoms with van der Waals surface area (Å²) in [6, 6.07) is 0. The molecule has 1 saturated carbocycles. The van der Waals surface area contributed by atoms with Crippen molar-refractivity contribution in [2.75, 3.05) is 24.2 Å². The lowest BCUT2D eigenvalue weighted by molar-refractivity contribution is 0.268. The minimum Gasteiger partial charge on any atom is -0.373 e. The predicted octanol–water partition coefficient (Wildman–Crippen LogP) is 4.02. The molecule has 0 radical (unpaired) electrons. The highest BCUT2D eigenvalue weighted by Gasteiger charge is 2.21. The molecule has 0 aliphatic heterocycles. The molecule has 1 aliphatic rings. The van der Waals surface area contributed by atoms with Crippen molar-refractivity contribution in [2.24, 2.45) is 11.8 Å². The summed E-state index contributed by atoms with van der Waals surface area (Å²) in [6.07, 6.45) is 7.50. The summed E-state index contributed by atoms with van der Waals surface area (Å²) >= 11 is 0. The molecule has 0 bridgehead atoms. The Hall–Kier alpha value is -1.32. The Morgan fingerprint density at radius 3 is 2.52 bits per heavy atom. The van der Waals surface area contributed by atoms with Gasteiger partial charge in [-0.25, -0.2) is 9.97 Å². The maximum atomic E-state index is 4.72. The molecule has 1 fully saturated rings. The van der Waals surface area contributed by atoms with Crippen LogP contribution in [-0.4, -0.2) is 23.6 Å². The Morgan fingerprint density at radius 1 is 1.14 bits per heavy atom. The molecule has 0 aromatic carbocycles. The van der Waals surface area contributed by atoms with Gasteiger partial charge in [0.05, 0.1) is 0 Å². The third-order valence-corrected chi connectivity index (χ3v) is 4.72. The Labute approximate surface area is 129 Å². The SMILES string of the molecule is CCCc1nc(NC)c(C)c(NCC2CCCCC2C)n1. The lowest BCUT2D eigenvalue weighted by Gasteiger charge is -2.29. The number of nitrogens with zero attached hydrogens (tertiary/aromatic N) is 2. The monoisotopic (exact) mass is 290 g/mol.